The number of aliphatic hydroxyl groups is 1. The van der Waals surface area contributed by atoms with Crippen LogP contribution in [0.1, 0.15) is 19.4 Å². The number of hydrogen-bond donors (Lipinski definition) is 1. The first kappa shape index (κ1) is 9.20. The van der Waals surface area contributed by atoms with Gasteiger partial charge in [0.15, 0.2) is 0 Å². The molecule has 0 saturated heterocycles. The first-order valence-corrected chi connectivity index (χ1v) is 4.27. The third kappa shape index (κ3) is 2.62. The average Bonchev–Trinajstić information content (AvgIpc) is 2.06. The molecule has 0 fully saturated rings. The molecule has 0 saturated carbocycles. The number of hydrogen-bond acceptors (Lipinski definition) is 2. The van der Waals surface area contributed by atoms with Gasteiger partial charge in [0.2, 0.25) is 0 Å². The van der Waals surface area contributed by atoms with Crippen molar-refractivity contribution in [3.63, 3.8) is 0 Å². The Morgan fingerprint density at radius 1 is 1.33 bits per heavy atom. The van der Waals surface area contributed by atoms with Crippen LogP contribution in [0.3, 0.4) is 0 Å². The Bertz CT molecular complexity index is 221. The monoisotopic (exact) mass is 165 g/mol. The van der Waals surface area contributed by atoms with Crippen LogP contribution in [0.5, 0.6) is 0 Å². The lowest BCUT2D eigenvalue weighted by Gasteiger charge is -2.13. The summed E-state index contributed by atoms with van der Waals surface area (Å²) < 4.78 is 0. The SMILES string of the molecule is CC(C)C(O)Cc1ccncc1. The van der Waals surface area contributed by atoms with Gasteiger partial charge in [-0.15, -0.1) is 0 Å². The minimum atomic E-state index is -0.243. The van der Waals surface area contributed by atoms with Gasteiger partial charge in [0, 0.05) is 12.4 Å². The predicted molar refractivity (Wildman–Crippen MR) is 48.8 cm³/mol. The van der Waals surface area contributed by atoms with E-state index in [4.69, 9.17) is 0 Å². The Morgan fingerprint density at radius 2 is 1.92 bits per heavy atom. The second-order valence-electron chi connectivity index (χ2n) is 3.37. The molecule has 1 rings (SSSR count). The minimum absolute atomic E-state index is 0.243. The molecule has 0 aliphatic heterocycles. The summed E-state index contributed by atoms with van der Waals surface area (Å²) in [5, 5.41) is 9.56. The summed E-state index contributed by atoms with van der Waals surface area (Å²) in [7, 11) is 0. The van der Waals surface area contributed by atoms with E-state index in [1.54, 1.807) is 12.4 Å². The summed E-state index contributed by atoms with van der Waals surface area (Å²) in [6, 6.07) is 3.87. The molecular formula is C10H15NO. The maximum absolute atomic E-state index is 9.56. The topological polar surface area (TPSA) is 33.1 Å². The van der Waals surface area contributed by atoms with Gasteiger partial charge in [0.1, 0.15) is 0 Å². The molecule has 66 valence electrons. The largest absolute Gasteiger partial charge is 0.393 e. The maximum Gasteiger partial charge on any atom is 0.0603 e. The lowest BCUT2D eigenvalue weighted by Crippen LogP contribution is -2.17. The van der Waals surface area contributed by atoms with Crippen LogP contribution in [0, 0.1) is 5.92 Å². The normalized spacial score (nSPS) is 13.3. The second kappa shape index (κ2) is 4.21. The number of rotatable bonds is 3. The van der Waals surface area contributed by atoms with E-state index >= 15 is 0 Å². The molecule has 1 aromatic rings. The van der Waals surface area contributed by atoms with Gasteiger partial charge < -0.3 is 5.11 Å². The molecule has 0 spiro atoms. The minimum Gasteiger partial charge on any atom is -0.393 e. The Balaban J connectivity index is 2.53. The third-order valence-corrected chi connectivity index (χ3v) is 1.96. The molecule has 1 unspecified atom stereocenters. The van der Waals surface area contributed by atoms with E-state index in [1.165, 1.54) is 0 Å². The molecule has 0 aliphatic carbocycles. The van der Waals surface area contributed by atoms with E-state index in [2.05, 4.69) is 4.98 Å². The summed E-state index contributed by atoms with van der Waals surface area (Å²) in [4.78, 5) is 3.92. The van der Waals surface area contributed by atoms with Gasteiger partial charge in [-0.05, 0) is 30.0 Å². The zero-order valence-electron chi connectivity index (χ0n) is 7.57. The van der Waals surface area contributed by atoms with Crippen LogP contribution in [0.4, 0.5) is 0 Å². The van der Waals surface area contributed by atoms with Crippen molar-refractivity contribution in [2.24, 2.45) is 5.92 Å². The molecule has 0 aromatic carbocycles. The molecule has 0 amide bonds. The fraction of sp³-hybridized carbons (Fsp3) is 0.500. The first-order chi connectivity index (χ1) is 5.70. The van der Waals surface area contributed by atoms with Crippen LogP contribution < -0.4 is 0 Å². The molecule has 0 radical (unpaired) electrons. The Kier molecular flexibility index (Phi) is 3.23. The maximum atomic E-state index is 9.56. The second-order valence-corrected chi connectivity index (χ2v) is 3.37. The molecule has 1 atom stereocenters. The molecular weight excluding hydrogens is 150 g/mol. The van der Waals surface area contributed by atoms with E-state index in [0.717, 1.165) is 12.0 Å². The highest BCUT2D eigenvalue weighted by molar-refractivity contribution is 5.10. The summed E-state index contributed by atoms with van der Waals surface area (Å²) in [5.74, 6) is 0.318. The highest BCUT2D eigenvalue weighted by Gasteiger charge is 2.08. The predicted octanol–water partition coefficient (Wildman–Crippen LogP) is 1.64. The Labute approximate surface area is 73.3 Å². The average molecular weight is 165 g/mol. The van der Waals surface area contributed by atoms with Gasteiger partial charge in [-0.1, -0.05) is 13.8 Å². The Hall–Kier alpha value is -0.890. The van der Waals surface area contributed by atoms with Gasteiger partial charge in [-0.2, -0.15) is 0 Å². The summed E-state index contributed by atoms with van der Waals surface area (Å²) in [6.45, 7) is 4.04. The van der Waals surface area contributed by atoms with Gasteiger partial charge in [0.25, 0.3) is 0 Å². The molecule has 1 aromatic heterocycles. The van der Waals surface area contributed by atoms with Gasteiger partial charge in [0.05, 0.1) is 6.10 Å². The van der Waals surface area contributed by atoms with Crippen molar-refractivity contribution in [2.45, 2.75) is 26.4 Å². The highest BCUT2D eigenvalue weighted by Crippen LogP contribution is 2.08. The third-order valence-electron chi connectivity index (χ3n) is 1.96. The molecule has 1 N–H and O–H groups in total. The van der Waals surface area contributed by atoms with E-state index in [1.807, 2.05) is 26.0 Å². The Morgan fingerprint density at radius 3 is 2.42 bits per heavy atom. The molecule has 2 heteroatoms. The van der Waals surface area contributed by atoms with Crippen LogP contribution in [0.15, 0.2) is 24.5 Å². The number of aromatic nitrogens is 1. The quantitative estimate of drug-likeness (QED) is 0.738. The fourth-order valence-corrected chi connectivity index (χ4v) is 0.996. The summed E-state index contributed by atoms with van der Waals surface area (Å²) in [6.07, 6.45) is 3.98. The molecule has 1 heterocycles. The van der Waals surface area contributed by atoms with Crippen molar-refractivity contribution >= 4 is 0 Å². The van der Waals surface area contributed by atoms with Gasteiger partial charge >= 0.3 is 0 Å². The van der Waals surface area contributed by atoms with Gasteiger partial charge in [-0.3, -0.25) is 4.98 Å². The van der Waals surface area contributed by atoms with Crippen LogP contribution >= 0.6 is 0 Å². The first-order valence-electron chi connectivity index (χ1n) is 4.27. The molecule has 0 bridgehead atoms. The summed E-state index contributed by atoms with van der Waals surface area (Å²) >= 11 is 0. The molecule has 2 nitrogen and oxygen atoms in total. The van der Waals surface area contributed by atoms with Crippen molar-refractivity contribution in [3.8, 4) is 0 Å². The molecule has 0 aliphatic rings. The van der Waals surface area contributed by atoms with Crippen LogP contribution in [0.2, 0.25) is 0 Å². The van der Waals surface area contributed by atoms with E-state index in [9.17, 15) is 5.11 Å². The van der Waals surface area contributed by atoms with Gasteiger partial charge in [-0.25, -0.2) is 0 Å². The van der Waals surface area contributed by atoms with E-state index in [-0.39, 0.29) is 6.10 Å². The van der Waals surface area contributed by atoms with Crippen molar-refractivity contribution in [1.29, 1.82) is 0 Å². The van der Waals surface area contributed by atoms with Crippen LogP contribution in [0.25, 0.3) is 0 Å². The standard InChI is InChI=1S/C10H15NO/c1-8(2)10(12)7-9-3-5-11-6-4-9/h3-6,8,10,12H,7H2,1-2H3. The number of pyridine rings is 1. The van der Waals surface area contributed by atoms with Crippen molar-refractivity contribution < 1.29 is 5.11 Å². The smallest absolute Gasteiger partial charge is 0.0603 e. The van der Waals surface area contributed by atoms with E-state index < -0.39 is 0 Å². The number of nitrogens with zero attached hydrogens (tertiary/aromatic N) is 1. The van der Waals surface area contributed by atoms with Crippen LogP contribution in [-0.2, 0) is 6.42 Å². The fourth-order valence-electron chi connectivity index (χ4n) is 0.996. The lowest BCUT2D eigenvalue weighted by molar-refractivity contribution is 0.125. The zero-order valence-corrected chi connectivity index (χ0v) is 7.57. The molecule has 12 heavy (non-hydrogen) atoms. The highest BCUT2D eigenvalue weighted by atomic mass is 16.3. The van der Waals surface area contributed by atoms with E-state index in [0.29, 0.717) is 5.92 Å². The lowest BCUT2D eigenvalue weighted by atomic mass is 10.0. The summed E-state index contributed by atoms with van der Waals surface area (Å²) in [5.41, 5.74) is 1.14. The van der Waals surface area contributed by atoms with Crippen molar-refractivity contribution in [3.05, 3.63) is 30.1 Å². The zero-order chi connectivity index (χ0) is 8.97. The van der Waals surface area contributed by atoms with Crippen LogP contribution in [-0.4, -0.2) is 16.2 Å². The number of aliphatic hydroxyl groups excluding tert-OH is 1. The van der Waals surface area contributed by atoms with Crippen molar-refractivity contribution in [2.75, 3.05) is 0 Å². The van der Waals surface area contributed by atoms with Crippen molar-refractivity contribution in [1.82, 2.24) is 4.98 Å².